The summed E-state index contributed by atoms with van der Waals surface area (Å²) in [5.41, 5.74) is 3.33. The van der Waals surface area contributed by atoms with Crippen molar-refractivity contribution in [2.24, 2.45) is 0 Å². The van der Waals surface area contributed by atoms with Crippen molar-refractivity contribution in [3.05, 3.63) is 71.3 Å². The molecule has 1 saturated heterocycles. The Morgan fingerprint density at radius 3 is 2.21 bits per heavy atom. The molecule has 5 heteroatoms. The summed E-state index contributed by atoms with van der Waals surface area (Å²) < 4.78 is 0. The van der Waals surface area contributed by atoms with E-state index in [-0.39, 0.29) is 23.9 Å². The van der Waals surface area contributed by atoms with E-state index in [0.29, 0.717) is 32.6 Å². The fraction of sp³-hybridized carbons (Fsp3) is 0.417. The third-order valence-corrected chi connectivity index (χ3v) is 5.86. The van der Waals surface area contributed by atoms with E-state index in [1.807, 2.05) is 80.3 Å². The van der Waals surface area contributed by atoms with Crippen molar-refractivity contribution in [3.8, 4) is 0 Å². The van der Waals surface area contributed by atoms with Crippen LogP contribution >= 0.6 is 0 Å². The number of hydrogen-bond donors (Lipinski definition) is 1. The van der Waals surface area contributed by atoms with Crippen molar-refractivity contribution in [1.29, 1.82) is 0 Å². The lowest BCUT2D eigenvalue weighted by Gasteiger charge is -2.37. The van der Waals surface area contributed by atoms with Crippen molar-refractivity contribution >= 4 is 11.8 Å². The highest BCUT2D eigenvalue weighted by atomic mass is 16.2. The second-order valence-electron chi connectivity index (χ2n) is 7.84. The van der Waals surface area contributed by atoms with Gasteiger partial charge in [-0.1, -0.05) is 54.6 Å². The van der Waals surface area contributed by atoms with Gasteiger partial charge in [-0.2, -0.15) is 0 Å². The zero-order valence-electron chi connectivity index (χ0n) is 17.6. The van der Waals surface area contributed by atoms with Gasteiger partial charge in [-0.15, -0.1) is 0 Å². The summed E-state index contributed by atoms with van der Waals surface area (Å²) in [5.74, 6) is 0.190. The van der Waals surface area contributed by atoms with Crippen LogP contribution in [0.4, 0.5) is 0 Å². The zero-order chi connectivity index (χ0) is 20.8. The molecule has 1 N–H and O–H groups in total. The fourth-order valence-corrected chi connectivity index (χ4v) is 3.77. The second-order valence-corrected chi connectivity index (χ2v) is 7.84. The third kappa shape index (κ3) is 5.45. The summed E-state index contributed by atoms with van der Waals surface area (Å²) in [7, 11) is 0. The molecule has 0 spiro atoms. The van der Waals surface area contributed by atoms with Gasteiger partial charge in [0.25, 0.3) is 0 Å². The van der Waals surface area contributed by atoms with Gasteiger partial charge in [0.05, 0.1) is 18.5 Å². The van der Waals surface area contributed by atoms with Crippen molar-refractivity contribution in [2.45, 2.75) is 39.3 Å². The molecule has 5 nitrogen and oxygen atoms in total. The van der Waals surface area contributed by atoms with E-state index in [0.717, 1.165) is 16.7 Å². The number of nitrogens with one attached hydrogen (secondary N) is 1. The summed E-state index contributed by atoms with van der Waals surface area (Å²) >= 11 is 0. The van der Waals surface area contributed by atoms with Gasteiger partial charge < -0.3 is 10.2 Å². The molecule has 1 fully saturated rings. The van der Waals surface area contributed by atoms with Crippen LogP contribution in [0.5, 0.6) is 0 Å². The van der Waals surface area contributed by atoms with Gasteiger partial charge in [-0.05, 0) is 37.5 Å². The molecule has 2 unspecified atom stereocenters. The first kappa shape index (κ1) is 21.1. The number of amides is 2. The van der Waals surface area contributed by atoms with Crippen LogP contribution in [0.3, 0.4) is 0 Å². The van der Waals surface area contributed by atoms with E-state index in [9.17, 15) is 9.59 Å². The van der Waals surface area contributed by atoms with E-state index < -0.39 is 0 Å². The molecular formula is C24H31N3O2. The van der Waals surface area contributed by atoms with Gasteiger partial charge in [-0.3, -0.25) is 14.5 Å². The van der Waals surface area contributed by atoms with Gasteiger partial charge in [0.15, 0.2) is 0 Å². The minimum atomic E-state index is -0.213. The Morgan fingerprint density at radius 1 is 0.931 bits per heavy atom. The fourth-order valence-electron chi connectivity index (χ4n) is 3.77. The first-order chi connectivity index (χ1) is 14.0. The Kier molecular flexibility index (Phi) is 7.04. The quantitative estimate of drug-likeness (QED) is 0.821. The molecular weight excluding hydrogens is 362 g/mol. The lowest BCUT2D eigenvalue weighted by atomic mass is 10.0. The van der Waals surface area contributed by atoms with Gasteiger partial charge >= 0.3 is 0 Å². The van der Waals surface area contributed by atoms with Crippen LogP contribution in [0.15, 0.2) is 54.6 Å². The Bertz CT molecular complexity index is 829. The lowest BCUT2D eigenvalue weighted by molar-refractivity contribution is -0.133. The average Bonchev–Trinajstić information content (AvgIpc) is 2.75. The molecule has 2 atom stereocenters. The third-order valence-electron chi connectivity index (χ3n) is 5.86. The van der Waals surface area contributed by atoms with E-state index in [1.165, 1.54) is 0 Å². The van der Waals surface area contributed by atoms with Crippen molar-refractivity contribution in [2.75, 3.05) is 26.2 Å². The molecule has 3 rings (SSSR count). The van der Waals surface area contributed by atoms with Crippen LogP contribution < -0.4 is 5.32 Å². The van der Waals surface area contributed by atoms with E-state index >= 15 is 0 Å². The predicted octanol–water partition coefficient (Wildman–Crippen LogP) is 2.95. The van der Waals surface area contributed by atoms with Crippen LogP contribution in [0.1, 0.15) is 36.6 Å². The van der Waals surface area contributed by atoms with Gasteiger partial charge in [0, 0.05) is 26.2 Å². The summed E-state index contributed by atoms with van der Waals surface area (Å²) in [6, 6.07) is 17.8. The van der Waals surface area contributed by atoms with E-state index in [4.69, 9.17) is 0 Å². The largest absolute Gasteiger partial charge is 0.348 e. The Labute approximate surface area is 173 Å². The number of piperazine rings is 1. The summed E-state index contributed by atoms with van der Waals surface area (Å²) in [6.07, 6.45) is 0.442. The first-order valence-electron chi connectivity index (χ1n) is 10.4. The number of nitrogens with zero attached hydrogens (tertiary/aromatic N) is 2. The highest BCUT2D eigenvalue weighted by Crippen LogP contribution is 2.14. The Morgan fingerprint density at radius 2 is 1.55 bits per heavy atom. The SMILES string of the molecule is Cc1ccccc1CC(=O)N1CCN(C(C)C(=O)NC(C)c2ccccc2)CC1. The molecule has 154 valence electrons. The summed E-state index contributed by atoms with van der Waals surface area (Å²) in [5, 5.41) is 3.10. The van der Waals surface area contributed by atoms with Gasteiger partial charge in [-0.25, -0.2) is 0 Å². The standard InChI is InChI=1S/C24H31N3O2/c1-18-9-7-8-12-22(18)17-23(28)27-15-13-26(14-16-27)20(3)24(29)25-19(2)21-10-5-4-6-11-21/h4-12,19-20H,13-17H2,1-3H3,(H,25,29). The number of carbonyl (C=O) groups excluding carboxylic acids is 2. The Balaban J connectivity index is 1.48. The Hall–Kier alpha value is -2.66. The normalized spacial score (nSPS) is 16.9. The minimum Gasteiger partial charge on any atom is -0.348 e. The monoisotopic (exact) mass is 393 g/mol. The summed E-state index contributed by atoms with van der Waals surface area (Å²) in [4.78, 5) is 29.4. The maximum absolute atomic E-state index is 12.7. The number of hydrogen-bond acceptors (Lipinski definition) is 3. The average molecular weight is 394 g/mol. The van der Waals surface area contributed by atoms with Crippen molar-refractivity contribution in [3.63, 3.8) is 0 Å². The van der Waals surface area contributed by atoms with E-state index in [2.05, 4.69) is 10.2 Å². The molecule has 0 radical (unpaired) electrons. The number of benzene rings is 2. The molecule has 0 aromatic heterocycles. The maximum atomic E-state index is 12.7. The molecule has 1 heterocycles. The molecule has 2 aromatic rings. The van der Waals surface area contributed by atoms with Crippen molar-refractivity contribution in [1.82, 2.24) is 15.1 Å². The highest BCUT2D eigenvalue weighted by Gasteiger charge is 2.28. The molecule has 1 aliphatic rings. The molecule has 0 aliphatic carbocycles. The lowest BCUT2D eigenvalue weighted by Crippen LogP contribution is -2.55. The molecule has 0 bridgehead atoms. The number of carbonyl (C=O) groups is 2. The van der Waals surface area contributed by atoms with Crippen LogP contribution in [0, 0.1) is 6.92 Å². The first-order valence-corrected chi connectivity index (χ1v) is 10.4. The molecule has 2 aromatic carbocycles. The molecule has 29 heavy (non-hydrogen) atoms. The molecule has 0 saturated carbocycles. The van der Waals surface area contributed by atoms with Gasteiger partial charge in [0.2, 0.25) is 11.8 Å². The topological polar surface area (TPSA) is 52.7 Å². The zero-order valence-corrected chi connectivity index (χ0v) is 17.6. The highest BCUT2D eigenvalue weighted by molar-refractivity contribution is 5.82. The smallest absolute Gasteiger partial charge is 0.237 e. The van der Waals surface area contributed by atoms with Gasteiger partial charge in [0.1, 0.15) is 0 Å². The molecule has 1 aliphatic heterocycles. The number of rotatable bonds is 6. The molecule has 2 amide bonds. The second kappa shape index (κ2) is 9.70. The number of aryl methyl sites for hydroxylation is 1. The van der Waals surface area contributed by atoms with Crippen LogP contribution in [-0.4, -0.2) is 53.8 Å². The minimum absolute atomic E-state index is 0.0249. The predicted molar refractivity (Wildman–Crippen MR) is 115 cm³/mol. The van der Waals surface area contributed by atoms with E-state index in [1.54, 1.807) is 0 Å². The van der Waals surface area contributed by atoms with Crippen LogP contribution in [-0.2, 0) is 16.0 Å². The van der Waals surface area contributed by atoms with Crippen molar-refractivity contribution < 1.29 is 9.59 Å². The summed E-state index contributed by atoms with van der Waals surface area (Å²) in [6.45, 7) is 8.74. The maximum Gasteiger partial charge on any atom is 0.237 e. The van der Waals surface area contributed by atoms with Crippen LogP contribution in [0.25, 0.3) is 0 Å². The van der Waals surface area contributed by atoms with Crippen LogP contribution in [0.2, 0.25) is 0 Å².